The molecule has 0 aliphatic rings. The first-order chi connectivity index (χ1) is 7.19. The van der Waals surface area contributed by atoms with Crippen molar-refractivity contribution < 1.29 is 0 Å². The van der Waals surface area contributed by atoms with E-state index in [0.29, 0.717) is 12.0 Å². The molecule has 0 bridgehead atoms. The van der Waals surface area contributed by atoms with E-state index < -0.39 is 0 Å². The maximum absolute atomic E-state index is 5.63. The van der Waals surface area contributed by atoms with Gasteiger partial charge >= 0.3 is 0 Å². The molecule has 0 aromatic carbocycles. The van der Waals surface area contributed by atoms with Crippen molar-refractivity contribution in [2.75, 3.05) is 0 Å². The Bertz CT molecular complexity index is 166. The molecule has 2 unspecified atom stereocenters. The Morgan fingerprint density at radius 3 is 2.40 bits per heavy atom. The molecular weight excluding hydrogens is 184 g/mol. The van der Waals surface area contributed by atoms with E-state index in [1.807, 2.05) is 0 Å². The van der Waals surface area contributed by atoms with E-state index in [1.165, 1.54) is 31.3 Å². The molecule has 2 nitrogen and oxygen atoms in total. The van der Waals surface area contributed by atoms with Gasteiger partial charge in [-0.05, 0) is 25.2 Å². The third kappa shape index (κ3) is 5.95. The minimum atomic E-state index is 0.411. The summed E-state index contributed by atoms with van der Waals surface area (Å²) in [6.45, 7) is 10.7. The van der Waals surface area contributed by atoms with Gasteiger partial charge in [0.1, 0.15) is 0 Å². The zero-order valence-electron chi connectivity index (χ0n) is 10.7. The normalized spacial score (nSPS) is 14.9. The molecule has 0 fully saturated rings. The summed E-state index contributed by atoms with van der Waals surface area (Å²) in [4.78, 5) is 0. The van der Waals surface area contributed by atoms with Crippen molar-refractivity contribution in [3.63, 3.8) is 0 Å². The van der Waals surface area contributed by atoms with Crippen molar-refractivity contribution in [3.05, 3.63) is 12.2 Å². The summed E-state index contributed by atoms with van der Waals surface area (Å²) in [7, 11) is 0. The van der Waals surface area contributed by atoms with Gasteiger partial charge in [-0.15, -0.1) is 0 Å². The fourth-order valence-electron chi connectivity index (χ4n) is 1.97. The van der Waals surface area contributed by atoms with Gasteiger partial charge in [0.15, 0.2) is 0 Å². The van der Waals surface area contributed by atoms with Crippen LogP contribution in [-0.2, 0) is 0 Å². The van der Waals surface area contributed by atoms with Crippen LogP contribution in [0.3, 0.4) is 0 Å². The summed E-state index contributed by atoms with van der Waals surface area (Å²) in [5.74, 6) is 6.33. The number of hydrogen-bond donors (Lipinski definition) is 2. The van der Waals surface area contributed by atoms with Crippen LogP contribution in [0.25, 0.3) is 0 Å². The Labute approximate surface area is 95.3 Å². The van der Waals surface area contributed by atoms with Crippen LogP contribution in [0.5, 0.6) is 0 Å². The summed E-state index contributed by atoms with van der Waals surface area (Å²) in [5, 5.41) is 0. The fraction of sp³-hybridized carbons (Fsp3) is 0.846. The summed E-state index contributed by atoms with van der Waals surface area (Å²) >= 11 is 0. The molecule has 0 saturated heterocycles. The molecule has 2 heteroatoms. The SMILES string of the molecule is C=C(CC)CC(NN)C(CC)CCCC. The van der Waals surface area contributed by atoms with Crippen LogP contribution in [-0.4, -0.2) is 6.04 Å². The highest BCUT2D eigenvalue weighted by Gasteiger charge is 2.18. The Morgan fingerprint density at radius 1 is 1.33 bits per heavy atom. The summed E-state index contributed by atoms with van der Waals surface area (Å²) < 4.78 is 0. The van der Waals surface area contributed by atoms with E-state index in [2.05, 4.69) is 32.8 Å². The second-order valence-electron chi connectivity index (χ2n) is 4.39. The quantitative estimate of drug-likeness (QED) is 0.349. The van der Waals surface area contributed by atoms with Crippen LogP contribution in [0.2, 0.25) is 0 Å². The number of unbranched alkanes of at least 4 members (excludes halogenated alkanes) is 1. The van der Waals surface area contributed by atoms with Crippen LogP contribution in [0.1, 0.15) is 59.3 Å². The van der Waals surface area contributed by atoms with Gasteiger partial charge in [-0.1, -0.05) is 52.2 Å². The standard InChI is InChI=1S/C13H28N2/c1-5-8-9-12(7-3)13(15-14)10-11(4)6-2/h12-13,15H,4-10,14H2,1-3H3. The molecule has 90 valence electrons. The van der Waals surface area contributed by atoms with Crippen LogP contribution < -0.4 is 11.3 Å². The predicted molar refractivity (Wildman–Crippen MR) is 68.5 cm³/mol. The number of hydrogen-bond acceptors (Lipinski definition) is 2. The maximum atomic E-state index is 5.63. The largest absolute Gasteiger partial charge is 0.271 e. The van der Waals surface area contributed by atoms with E-state index in [9.17, 15) is 0 Å². The minimum Gasteiger partial charge on any atom is -0.271 e. The first-order valence-electron chi connectivity index (χ1n) is 6.32. The molecule has 0 aliphatic heterocycles. The summed E-state index contributed by atoms with van der Waals surface area (Å²) in [6.07, 6.45) is 7.13. The molecule has 3 N–H and O–H groups in total. The predicted octanol–water partition coefficient (Wildman–Crippen LogP) is 3.39. The molecule has 0 aromatic rings. The lowest BCUT2D eigenvalue weighted by Crippen LogP contribution is -2.41. The average molecular weight is 212 g/mol. The van der Waals surface area contributed by atoms with Crippen LogP contribution >= 0.6 is 0 Å². The highest BCUT2D eigenvalue weighted by Crippen LogP contribution is 2.21. The molecule has 15 heavy (non-hydrogen) atoms. The minimum absolute atomic E-state index is 0.411. The molecule has 0 aromatic heterocycles. The zero-order valence-corrected chi connectivity index (χ0v) is 10.7. The number of rotatable bonds is 9. The molecule has 0 saturated carbocycles. The Balaban J connectivity index is 4.13. The van der Waals surface area contributed by atoms with E-state index in [1.54, 1.807) is 0 Å². The van der Waals surface area contributed by atoms with Crippen molar-refractivity contribution in [1.29, 1.82) is 0 Å². The number of nitrogens with two attached hydrogens (primary N) is 1. The highest BCUT2D eigenvalue weighted by atomic mass is 15.2. The first-order valence-corrected chi connectivity index (χ1v) is 6.32. The molecule has 0 radical (unpaired) electrons. The molecule has 2 atom stereocenters. The first kappa shape index (κ1) is 14.7. The Hall–Kier alpha value is -0.340. The van der Waals surface area contributed by atoms with Crippen LogP contribution in [0.15, 0.2) is 12.2 Å². The van der Waals surface area contributed by atoms with Gasteiger partial charge in [0.05, 0.1) is 0 Å². The van der Waals surface area contributed by atoms with E-state index >= 15 is 0 Å². The lowest BCUT2D eigenvalue weighted by Gasteiger charge is -2.26. The molecule has 0 spiro atoms. The van der Waals surface area contributed by atoms with Gasteiger partial charge in [0.25, 0.3) is 0 Å². The third-order valence-electron chi connectivity index (χ3n) is 3.24. The second-order valence-corrected chi connectivity index (χ2v) is 4.39. The molecule has 0 rings (SSSR count). The van der Waals surface area contributed by atoms with Gasteiger partial charge in [-0.2, -0.15) is 0 Å². The Morgan fingerprint density at radius 2 is 2.00 bits per heavy atom. The monoisotopic (exact) mass is 212 g/mol. The topological polar surface area (TPSA) is 38.0 Å². The lowest BCUT2D eigenvalue weighted by molar-refractivity contribution is 0.317. The van der Waals surface area contributed by atoms with Crippen molar-refractivity contribution in [2.24, 2.45) is 11.8 Å². The number of nitrogens with one attached hydrogen (secondary N) is 1. The van der Waals surface area contributed by atoms with Crippen molar-refractivity contribution >= 4 is 0 Å². The van der Waals surface area contributed by atoms with Gasteiger partial charge in [-0.25, -0.2) is 0 Å². The number of hydrazine groups is 1. The lowest BCUT2D eigenvalue weighted by atomic mass is 9.87. The average Bonchev–Trinajstić information content (AvgIpc) is 2.27. The Kier molecular flexibility index (Phi) is 8.73. The fourth-order valence-corrected chi connectivity index (χ4v) is 1.97. The zero-order chi connectivity index (χ0) is 11.7. The molecule has 0 amide bonds. The molecule has 0 aliphatic carbocycles. The smallest absolute Gasteiger partial charge is 0.0275 e. The van der Waals surface area contributed by atoms with Crippen LogP contribution in [0.4, 0.5) is 0 Å². The van der Waals surface area contributed by atoms with Crippen molar-refractivity contribution in [3.8, 4) is 0 Å². The maximum Gasteiger partial charge on any atom is 0.0275 e. The van der Waals surface area contributed by atoms with Gasteiger partial charge in [0.2, 0.25) is 0 Å². The van der Waals surface area contributed by atoms with E-state index in [0.717, 1.165) is 12.8 Å². The van der Waals surface area contributed by atoms with Crippen LogP contribution in [0, 0.1) is 5.92 Å². The van der Waals surface area contributed by atoms with Crippen molar-refractivity contribution in [2.45, 2.75) is 65.3 Å². The third-order valence-corrected chi connectivity index (χ3v) is 3.24. The second kappa shape index (κ2) is 8.93. The van der Waals surface area contributed by atoms with E-state index in [4.69, 9.17) is 5.84 Å². The highest BCUT2D eigenvalue weighted by molar-refractivity contribution is 4.97. The van der Waals surface area contributed by atoms with Gasteiger partial charge < -0.3 is 0 Å². The van der Waals surface area contributed by atoms with Crippen molar-refractivity contribution in [1.82, 2.24) is 5.43 Å². The van der Waals surface area contributed by atoms with E-state index in [-0.39, 0.29) is 0 Å². The summed E-state index contributed by atoms with van der Waals surface area (Å²) in [6, 6.07) is 0.411. The van der Waals surface area contributed by atoms with Gasteiger partial charge in [-0.3, -0.25) is 11.3 Å². The van der Waals surface area contributed by atoms with Gasteiger partial charge in [0, 0.05) is 6.04 Å². The molecule has 0 heterocycles. The molecular formula is C13H28N2. The summed E-state index contributed by atoms with van der Waals surface area (Å²) in [5.41, 5.74) is 4.27.